The van der Waals surface area contributed by atoms with E-state index in [0.717, 1.165) is 12.1 Å². The summed E-state index contributed by atoms with van der Waals surface area (Å²) in [6.45, 7) is 1.33. The van der Waals surface area contributed by atoms with Crippen LogP contribution in [0.3, 0.4) is 0 Å². The van der Waals surface area contributed by atoms with E-state index in [0.29, 0.717) is 25.9 Å². The third-order valence-electron chi connectivity index (χ3n) is 2.51. The van der Waals surface area contributed by atoms with Gasteiger partial charge in [-0.3, -0.25) is 0 Å². The van der Waals surface area contributed by atoms with E-state index in [1.54, 1.807) is 0 Å². The average molecular weight is 230 g/mol. The quantitative estimate of drug-likeness (QED) is 0.715. The molecule has 1 aliphatic rings. The normalized spacial score (nSPS) is 17.4. The van der Waals surface area contributed by atoms with Crippen LogP contribution in [0.1, 0.15) is 12.8 Å². The molecule has 0 aliphatic carbocycles. The van der Waals surface area contributed by atoms with Gasteiger partial charge in [0, 0.05) is 13.1 Å². The zero-order valence-corrected chi connectivity index (χ0v) is 8.55. The molecule has 0 amide bonds. The molecule has 0 N–H and O–H groups in total. The molecule has 1 aromatic rings. The van der Waals surface area contributed by atoms with Crippen molar-refractivity contribution in [3.05, 3.63) is 29.6 Å². The Hall–Kier alpha value is -1.23. The zero-order chi connectivity index (χ0) is 11.5. The second kappa shape index (κ2) is 4.74. The van der Waals surface area contributed by atoms with Crippen molar-refractivity contribution in [2.45, 2.75) is 18.9 Å². The molecule has 0 bridgehead atoms. The van der Waals surface area contributed by atoms with Gasteiger partial charge in [-0.15, -0.1) is 0 Å². The lowest BCUT2D eigenvalue weighted by molar-refractivity contribution is 0.152. The van der Waals surface area contributed by atoms with E-state index in [1.807, 2.05) is 0 Å². The summed E-state index contributed by atoms with van der Waals surface area (Å²) in [5.74, 6) is -4.19. The smallest absolute Gasteiger partial charge is 0.203 e. The molecular formula is C11H11F3NO. The number of hydrogen-bond acceptors (Lipinski definition) is 1. The van der Waals surface area contributed by atoms with Crippen molar-refractivity contribution in [3.63, 3.8) is 0 Å². The van der Waals surface area contributed by atoms with E-state index in [2.05, 4.69) is 5.32 Å². The fraction of sp³-hybridized carbons (Fsp3) is 0.455. The maximum Gasteiger partial charge on any atom is 0.203 e. The van der Waals surface area contributed by atoms with E-state index < -0.39 is 17.5 Å². The third-order valence-corrected chi connectivity index (χ3v) is 2.51. The van der Waals surface area contributed by atoms with Crippen molar-refractivity contribution in [2.24, 2.45) is 0 Å². The van der Waals surface area contributed by atoms with Gasteiger partial charge in [0.15, 0.2) is 17.4 Å². The molecule has 87 valence electrons. The second-order valence-electron chi connectivity index (χ2n) is 3.66. The van der Waals surface area contributed by atoms with Crippen LogP contribution in [-0.2, 0) is 0 Å². The monoisotopic (exact) mass is 230 g/mol. The summed E-state index contributed by atoms with van der Waals surface area (Å²) in [6.07, 6.45) is 1.19. The summed E-state index contributed by atoms with van der Waals surface area (Å²) < 4.78 is 44.1. The minimum absolute atomic E-state index is 0.170. The molecule has 0 unspecified atom stereocenters. The molecule has 0 spiro atoms. The van der Waals surface area contributed by atoms with E-state index in [-0.39, 0.29) is 11.9 Å². The largest absolute Gasteiger partial charge is 0.487 e. The molecule has 1 saturated heterocycles. The predicted octanol–water partition coefficient (Wildman–Crippen LogP) is 2.25. The Morgan fingerprint density at radius 2 is 1.75 bits per heavy atom. The molecule has 0 aromatic heterocycles. The Bertz CT molecular complexity index is 378. The fourth-order valence-electron chi connectivity index (χ4n) is 1.62. The Labute approximate surface area is 91.4 Å². The van der Waals surface area contributed by atoms with Crippen LogP contribution in [0.4, 0.5) is 13.2 Å². The minimum atomic E-state index is -1.49. The Morgan fingerprint density at radius 3 is 2.44 bits per heavy atom. The number of benzene rings is 1. The predicted molar refractivity (Wildman–Crippen MR) is 51.8 cm³/mol. The van der Waals surface area contributed by atoms with Crippen molar-refractivity contribution in [1.29, 1.82) is 0 Å². The molecule has 0 atom stereocenters. The first-order valence-corrected chi connectivity index (χ1v) is 5.12. The second-order valence-corrected chi connectivity index (χ2v) is 3.66. The SMILES string of the molecule is Fc1ccc(OC2CC[N]CC2)c(F)c1F. The molecule has 1 aromatic carbocycles. The third kappa shape index (κ3) is 2.29. The number of rotatable bonds is 2. The van der Waals surface area contributed by atoms with E-state index in [9.17, 15) is 13.2 Å². The highest BCUT2D eigenvalue weighted by molar-refractivity contribution is 5.26. The van der Waals surface area contributed by atoms with Gasteiger partial charge in [-0.2, -0.15) is 4.39 Å². The highest BCUT2D eigenvalue weighted by Crippen LogP contribution is 2.24. The van der Waals surface area contributed by atoms with Crippen molar-refractivity contribution in [3.8, 4) is 5.75 Å². The van der Waals surface area contributed by atoms with Crippen LogP contribution >= 0.6 is 0 Å². The maximum atomic E-state index is 13.3. The van der Waals surface area contributed by atoms with Gasteiger partial charge in [0.2, 0.25) is 5.82 Å². The molecule has 1 radical (unpaired) electrons. The van der Waals surface area contributed by atoms with Crippen LogP contribution in [0.15, 0.2) is 12.1 Å². The van der Waals surface area contributed by atoms with Gasteiger partial charge in [0.25, 0.3) is 0 Å². The van der Waals surface area contributed by atoms with Gasteiger partial charge < -0.3 is 4.74 Å². The van der Waals surface area contributed by atoms with Crippen molar-refractivity contribution in [1.82, 2.24) is 5.32 Å². The summed E-state index contributed by atoms with van der Waals surface area (Å²) in [7, 11) is 0. The first kappa shape index (κ1) is 11.3. The Kier molecular flexibility index (Phi) is 3.33. The fourth-order valence-corrected chi connectivity index (χ4v) is 1.62. The minimum Gasteiger partial charge on any atom is -0.487 e. The lowest BCUT2D eigenvalue weighted by atomic mass is 10.1. The lowest BCUT2D eigenvalue weighted by Gasteiger charge is -2.23. The van der Waals surface area contributed by atoms with Gasteiger partial charge in [-0.25, -0.2) is 14.1 Å². The van der Waals surface area contributed by atoms with Gasteiger partial charge in [0.05, 0.1) is 0 Å². The van der Waals surface area contributed by atoms with E-state index in [1.165, 1.54) is 0 Å². The van der Waals surface area contributed by atoms with Crippen LogP contribution < -0.4 is 10.1 Å². The van der Waals surface area contributed by atoms with E-state index >= 15 is 0 Å². The summed E-state index contributed by atoms with van der Waals surface area (Å²) >= 11 is 0. The first-order valence-electron chi connectivity index (χ1n) is 5.12. The number of piperidine rings is 1. The Balaban J connectivity index is 2.11. The van der Waals surface area contributed by atoms with Gasteiger partial charge in [0.1, 0.15) is 6.10 Å². The van der Waals surface area contributed by atoms with Crippen LogP contribution in [0.25, 0.3) is 0 Å². The number of nitrogens with zero attached hydrogens (tertiary/aromatic N) is 1. The van der Waals surface area contributed by atoms with Crippen molar-refractivity contribution >= 4 is 0 Å². The highest BCUT2D eigenvalue weighted by Gasteiger charge is 2.20. The first-order chi connectivity index (χ1) is 7.68. The maximum absolute atomic E-state index is 13.3. The topological polar surface area (TPSA) is 23.3 Å². The molecule has 5 heteroatoms. The zero-order valence-electron chi connectivity index (χ0n) is 8.55. The molecule has 1 fully saturated rings. The molecule has 1 heterocycles. The Morgan fingerprint density at radius 1 is 1.06 bits per heavy atom. The number of ether oxygens (including phenoxy) is 1. The average Bonchev–Trinajstić information content (AvgIpc) is 2.31. The number of hydrogen-bond donors (Lipinski definition) is 0. The van der Waals surface area contributed by atoms with Crippen LogP contribution in [0, 0.1) is 17.5 Å². The van der Waals surface area contributed by atoms with Crippen LogP contribution in [0.2, 0.25) is 0 Å². The summed E-state index contributed by atoms with van der Waals surface area (Å²) in [5, 5.41) is 4.12. The van der Waals surface area contributed by atoms with Crippen molar-refractivity contribution in [2.75, 3.05) is 13.1 Å². The molecule has 2 nitrogen and oxygen atoms in total. The van der Waals surface area contributed by atoms with Gasteiger partial charge in [-0.05, 0) is 25.0 Å². The summed E-state index contributed by atoms with van der Waals surface area (Å²) in [5.41, 5.74) is 0. The molecule has 16 heavy (non-hydrogen) atoms. The summed E-state index contributed by atoms with van der Waals surface area (Å²) in [6, 6.07) is 1.97. The van der Waals surface area contributed by atoms with Gasteiger partial charge >= 0.3 is 0 Å². The van der Waals surface area contributed by atoms with E-state index in [4.69, 9.17) is 4.74 Å². The van der Waals surface area contributed by atoms with Crippen LogP contribution in [0.5, 0.6) is 5.75 Å². The van der Waals surface area contributed by atoms with Crippen molar-refractivity contribution < 1.29 is 17.9 Å². The number of halogens is 3. The highest BCUT2D eigenvalue weighted by atomic mass is 19.2. The molecule has 1 aliphatic heterocycles. The molecule has 0 saturated carbocycles. The lowest BCUT2D eigenvalue weighted by Crippen LogP contribution is -2.30. The molecule has 2 rings (SSSR count). The molecular weight excluding hydrogens is 219 g/mol. The standard InChI is InChI=1S/C11H11F3NO/c12-8-1-2-9(11(14)10(8)13)16-7-3-5-15-6-4-7/h1-2,7H,3-6H2. The summed E-state index contributed by atoms with van der Waals surface area (Å²) in [4.78, 5) is 0. The van der Waals surface area contributed by atoms with Gasteiger partial charge in [-0.1, -0.05) is 0 Å². The van der Waals surface area contributed by atoms with Crippen LogP contribution in [-0.4, -0.2) is 19.2 Å².